The van der Waals surface area contributed by atoms with Crippen LogP contribution < -0.4 is 19.7 Å². The number of hydrogen-bond acceptors (Lipinski definition) is 6. The molecule has 0 spiro atoms. The van der Waals surface area contributed by atoms with Crippen LogP contribution in [0.3, 0.4) is 0 Å². The number of amides is 2. The molecule has 0 saturated heterocycles. The smallest absolute Gasteiger partial charge is 0.387 e. The van der Waals surface area contributed by atoms with Crippen molar-refractivity contribution in [3.05, 3.63) is 54.1 Å². The summed E-state index contributed by atoms with van der Waals surface area (Å²) in [5.41, 5.74) is 1.47. The Morgan fingerprint density at radius 3 is 2.67 bits per heavy atom. The fourth-order valence-electron chi connectivity index (χ4n) is 3.17. The third kappa shape index (κ3) is 6.06. The van der Waals surface area contributed by atoms with Crippen LogP contribution in [0.2, 0.25) is 0 Å². The Kier molecular flexibility index (Phi) is 7.60. The number of ether oxygens (including phenoxy) is 3. The third-order valence-electron chi connectivity index (χ3n) is 4.57. The average Bonchev–Trinajstić information content (AvgIpc) is 2.78. The molecule has 2 aromatic carbocycles. The molecule has 2 amide bonds. The first-order valence-electron chi connectivity index (χ1n) is 10.1. The minimum atomic E-state index is -3.00. The lowest BCUT2D eigenvalue weighted by molar-refractivity contribution is -0.149. The molecule has 2 aromatic rings. The van der Waals surface area contributed by atoms with E-state index in [1.807, 2.05) is 0 Å². The van der Waals surface area contributed by atoms with Crippen molar-refractivity contribution in [3.8, 4) is 11.5 Å². The zero-order valence-corrected chi connectivity index (χ0v) is 17.9. The van der Waals surface area contributed by atoms with Gasteiger partial charge in [-0.25, -0.2) is 4.79 Å². The number of carbonyl (C=O) groups is 3. The predicted molar refractivity (Wildman–Crippen MR) is 116 cm³/mol. The van der Waals surface area contributed by atoms with Crippen LogP contribution >= 0.6 is 0 Å². The van der Waals surface area contributed by atoms with E-state index in [9.17, 15) is 23.2 Å². The monoisotopic (exact) mass is 460 g/mol. The minimum Gasteiger partial charge on any atom is -0.490 e. The zero-order chi connectivity index (χ0) is 24.0. The highest BCUT2D eigenvalue weighted by Crippen LogP contribution is 2.31. The maximum Gasteiger partial charge on any atom is 0.387 e. The van der Waals surface area contributed by atoms with Crippen molar-refractivity contribution in [1.29, 1.82) is 0 Å². The van der Waals surface area contributed by atoms with E-state index < -0.39 is 24.6 Å². The Balaban J connectivity index is 1.66. The summed E-state index contributed by atoms with van der Waals surface area (Å²) in [7, 11) is 0. The van der Waals surface area contributed by atoms with Crippen molar-refractivity contribution < 1.29 is 37.4 Å². The Labute approximate surface area is 188 Å². The standard InChI is InChI=1S/C23H22F2N2O6/c1-3-31-19-12-15(8-10-18(19)33-23(24)25)9-11-21(29)32-14(2)22(30)27-13-20(28)26-16-6-4-5-7-17(16)27/h4-12,14,23H,3,13H2,1-2H3,(H,26,28)/b11-9+/t14-/m1/s1. The number of halogens is 2. The van der Waals surface area contributed by atoms with Gasteiger partial charge in [-0.15, -0.1) is 0 Å². The number of benzene rings is 2. The predicted octanol–water partition coefficient (Wildman–Crippen LogP) is 3.62. The molecule has 1 N–H and O–H groups in total. The second-order valence-corrected chi connectivity index (χ2v) is 6.92. The SMILES string of the molecule is CCOc1cc(/C=C/C(=O)O[C@H](C)C(=O)N2CC(=O)Nc3ccccc32)ccc1OC(F)F. The molecule has 1 heterocycles. The van der Waals surface area contributed by atoms with Gasteiger partial charge in [-0.3, -0.25) is 14.5 Å². The number of rotatable bonds is 8. The molecular weight excluding hydrogens is 438 g/mol. The maximum absolute atomic E-state index is 12.8. The Hall–Kier alpha value is -3.95. The van der Waals surface area contributed by atoms with Crippen LogP contribution in [-0.2, 0) is 19.1 Å². The summed E-state index contributed by atoms with van der Waals surface area (Å²) in [6, 6.07) is 11.0. The lowest BCUT2D eigenvalue weighted by atomic mass is 10.1. The van der Waals surface area contributed by atoms with Gasteiger partial charge in [-0.2, -0.15) is 8.78 Å². The maximum atomic E-state index is 12.8. The van der Waals surface area contributed by atoms with E-state index in [4.69, 9.17) is 9.47 Å². The van der Waals surface area contributed by atoms with E-state index in [0.717, 1.165) is 6.08 Å². The van der Waals surface area contributed by atoms with Crippen LogP contribution in [0.1, 0.15) is 19.4 Å². The molecule has 33 heavy (non-hydrogen) atoms. The number of nitrogens with zero attached hydrogens (tertiary/aromatic N) is 1. The summed E-state index contributed by atoms with van der Waals surface area (Å²) in [6.45, 7) is 0.131. The van der Waals surface area contributed by atoms with Gasteiger partial charge in [-0.05, 0) is 49.8 Å². The number of fused-ring (bicyclic) bond motifs is 1. The number of nitrogens with one attached hydrogen (secondary N) is 1. The van der Waals surface area contributed by atoms with Crippen molar-refractivity contribution >= 4 is 35.2 Å². The van der Waals surface area contributed by atoms with Crippen molar-refractivity contribution in [1.82, 2.24) is 0 Å². The molecule has 3 rings (SSSR count). The number of esters is 1. The van der Waals surface area contributed by atoms with Gasteiger partial charge in [-0.1, -0.05) is 18.2 Å². The molecule has 1 aliphatic rings. The van der Waals surface area contributed by atoms with Crippen molar-refractivity contribution in [2.24, 2.45) is 0 Å². The highest BCUT2D eigenvalue weighted by Gasteiger charge is 2.31. The molecule has 10 heteroatoms. The zero-order valence-electron chi connectivity index (χ0n) is 17.9. The number of anilines is 2. The Bertz CT molecular complexity index is 1070. The largest absolute Gasteiger partial charge is 0.490 e. The molecular formula is C23H22F2N2O6. The van der Waals surface area contributed by atoms with Crippen molar-refractivity contribution in [2.45, 2.75) is 26.6 Å². The first-order valence-corrected chi connectivity index (χ1v) is 10.1. The van der Waals surface area contributed by atoms with E-state index in [1.54, 1.807) is 31.2 Å². The van der Waals surface area contributed by atoms with Gasteiger partial charge in [0.15, 0.2) is 17.6 Å². The molecule has 0 radical (unpaired) electrons. The van der Waals surface area contributed by atoms with Gasteiger partial charge >= 0.3 is 12.6 Å². The second-order valence-electron chi connectivity index (χ2n) is 6.92. The van der Waals surface area contributed by atoms with Gasteiger partial charge in [0.25, 0.3) is 5.91 Å². The van der Waals surface area contributed by atoms with E-state index in [-0.39, 0.29) is 30.6 Å². The quantitative estimate of drug-likeness (QED) is 0.478. The summed E-state index contributed by atoms with van der Waals surface area (Å²) in [5.74, 6) is -1.73. The van der Waals surface area contributed by atoms with Gasteiger partial charge in [0.05, 0.1) is 18.0 Å². The van der Waals surface area contributed by atoms with Crippen LogP contribution in [-0.4, -0.2) is 43.7 Å². The third-order valence-corrected chi connectivity index (χ3v) is 4.57. The van der Waals surface area contributed by atoms with Crippen LogP contribution in [0.15, 0.2) is 48.5 Å². The first kappa shape index (κ1) is 23.7. The normalized spacial score (nSPS) is 14.0. The highest BCUT2D eigenvalue weighted by atomic mass is 19.3. The number of carbonyl (C=O) groups excluding carboxylic acids is 3. The molecule has 0 unspecified atom stereocenters. The van der Waals surface area contributed by atoms with Gasteiger partial charge in [0.2, 0.25) is 5.91 Å². The van der Waals surface area contributed by atoms with Gasteiger partial charge in [0, 0.05) is 6.08 Å². The molecule has 0 aromatic heterocycles. The molecule has 0 fully saturated rings. The van der Waals surface area contributed by atoms with Crippen LogP contribution in [0.4, 0.5) is 20.2 Å². The number of para-hydroxylation sites is 2. The first-order chi connectivity index (χ1) is 15.8. The van der Waals surface area contributed by atoms with Gasteiger partial charge in [0.1, 0.15) is 6.54 Å². The molecule has 1 aliphatic heterocycles. The summed E-state index contributed by atoms with van der Waals surface area (Å²) < 4.78 is 39.9. The summed E-state index contributed by atoms with van der Waals surface area (Å²) in [6.07, 6.45) is 1.33. The number of hydrogen-bond donors (Lipinski definition) is 1. The summed E-state index contributed by atoms with van der Waals surface area (Å²) in [4.78, 5) is 38.2. The molecule has 0 aliphatic carbocycles. The highest BCUT2D eigenvalue weighted by molar-refractivity contribution is 6.11. The topological polar surface area (TPSA) is 94.2 Å². The Morgan fingerprint density at radius 1 is 1.18 bits per heavy atom. The lowest BCUT2D eigenvalue weighted by Crippen LogP contribution is -2.46. The van der Waals surface area contributed by atoms with Crippen LogP contribution in [0.25, 0.3) is 6.08 Å². The van der Waals surface area contributed by atoms with E-state index >= 15 is 0 Å². The molecule has 174 valence electrons. The van der Waals surface area contributed by atoms with Crippen molar-refractivity contribution in [2.75, 3.05) is 23.4 Å². The van der Waals surface area contributed by atoms with Crippen molar-refractivity contribution in [3.63, 3.8) is 0 Å². The summed E-state index contributed by atoms with van der Waals surface area (Å²) >= 11 is 0. The molecule has 0 saturated carbocycles. The molecule has 0 bridgehead atoms. The van der Waals surface area contributed by atoms with Crippen LogP contribution in [0, 0.1) is 0 Å². The number of alkyl halides is 2. The fraction of sp³-hybridized carbons (Fsp3) is 0.261. The molecule has 8 nitrogen and oxygen atoms in total. The second kappa shape index (κ2) is 10.6. The van der Waals surface area contributed by atoms with Gasteiger partial charge < -0.3 is 19.5 Å². The fourth-order valence-corrected chi connectivity index (χ4v) is 3.17. The Morgan fingerprint density at radius 2 is 1.94 bits per heavy atom. The lowest BCUT2D eigenvalue weighted by Gasteiger charge is -2.30. The minimum absolute atomic E-state index is 0.0962. The van der Waals surface area contributed by atoms with E-state index in [0.29, 0.717) is 16.9 Å². The van der Waals surface area contributed by atoms with E-state index in [2.05, 4.69) is 10.1 Å². The van der Waals surface area contributed by atoms with E-state index in [1.165, 1.54) is 36.1 Å². The summed E-state index contributed by atoms with van der Waals surface area (Å²) in [5, 5.41) is 2.68. The molecule has 1 atom stereocenters. The van der Waals surface area contributed by atoms with Crippen LogP contribution in [0.5, 0.6) is 11.5 Å². The average molecular weight is 460 g/mol.